The molecular weight excluding hydrogens is 294 g/mol. The smallest absolute Gasteiger partial charge is 0.224 e. The van der Waals surface area contributed by atoms with E-state index in [2.05, 4.69) is 9.97 Å². The largest absolute Gasteiger partial charge is 0.493 e. The molecule has 0 spiro atoms. The molecule has 7 heteroatoms. The zero-order valence-electron chi connectivity index (χ0n) is 12.3. The molecule has 0 saturated heterocycles. The molecule has 6 nitrogen and oxygen atoms in total. The molecule has 2 rings (SSSR count). The molecule has 0 amide bonds. The summed E-state index contributed by atoms with van der Waals surface area (Å²) < 4.78 is 10.6. The molecule has 0 atom stereocenters. The Morgan fingerprint density at radius 1 is 1.19 bits per heavy atom. The molecule has 0 bridgehead atoms. The maximum Gasteiger partial charge on any atom is 0.224 e. The van der Waals surface area contributed by atoms with Crippen LogP contribution in [0.2, 0.25) is 5.28 Å². The van der Waals surface area contributed by atoms with Crippen LogP contribution in [0.4, 0.5) is 5.82 Å². The summed E-state index contributed by atoms with van der Waals surface area (Å²) in [6, 6.07) is 3.58. The molecule has 21 heavy (non-hydrogen) atoms. The number of likely N-dealkylation sites (N-methyl/N-ethyl adjacent to an activating group) is 1. The highest BCUT2D eigenvalue weighted by Crippen LogP contribution is 2.35. The Morgan fingerprint density at radius 3 is 2.43 bits per heavy atom. The molecule has 114 valence electrons. The van der Waals surface area contributed by atoms with Crippen molar-refractivity contribution in [3.63, 3.8) is 0 Å². The fraction of sp³-hybridized carbons (Fsp3) is 0.429. The highest BCUT2D eigenvalue weighted by atomic mass is 35.5. The number of halogens is 1. The first kappa shape index (κ1) is 15.6. The number of methoxy groups -OCH3 is 2. The van der Waals surface area contributed by atoms with E-state index in [9.17, 15) is 5.11 Å². The molecule has 1 heterocycles. The molecule has 0 radical (unpaired) electrons. The summed E-state index contributed by atoms with van der Waals surface area (Å²) in [7, 11) is 3.14. The molecule has 1 aromatic heterocycles. The van der Waals surface area contributed by atoms with E-state index in [0.29, 0.717) is 35.9 Å². The number of aliphatic hydroxyl groups excluding tert-OH is 1. The summed E-state index contributed by atoms with van der Waals surface area (Å²) in [6.45, 7) is 3.17. The van der Waals surface area contributed by atoms with Gasteiger partial charge in [-0.3, -0.25) is 0 Å². The van der Waals surface area contributed by atoms with Crippen LogP contribution in [0, 0.1) is 0 Å². The molecule has 0 aliphatic carbocycles. The predicted molar refractivity (Wildman–Crippen MR) is 82.6 cm³/mol. The van der Waals surface area contributed by atoms with Crippen molar-refractivity contribution < 1.29 is 14.6 Å². The Labute approximate surface area is 128 Å². The van der Waals surface area contributed by atoms with Crippen LogP contribution in [-0.4, -0.2) is 49.0 Å². The van der Waals surface area contributed by atoms with Gasteiger partial charge >= 0.3 is 0 Å². The van der Waals surface area contributed by atoms with E-state index in [1.165, 1.54) is 0 Å². The average molecular weight is 312 g/mol. The third-order valence-corrected chi connectivity index (χ3v) is 3.37. The maximum atomic E-state index is 9.19. The molecule has 0 saturated carbocycles. The normalized spacial score (nSPS) is 10.7. The molecule has 1 N–H and O–H groups in total. The lowest BCUT2D eigenvalue weighted by molar-refractivity contribution is 0.302. The fourth-order valence-corrected chi connectivity index (χ4v) is 2.36. The minimum atomic E-state index is 0.0320. The van der Waals surface area contributed by atoms with E-state index in [1.807, 2.05) is 17.9 Å². The number of hydrogen-bond donors (Lipinski definition) is 1. The number of ether oxygens (including phenoxy) is 2. The van der Waals surface area contributed by atoms with Gasteiger partial charge in [0, 0.05) is 24.5 Å². The van der Waals surface area contributed by atoms with Crippen molar-refractivity contribution in [3.8, 4) is 11.5 Å². The predicted octanol–water partition coefficient (Wildman–Crippen LogP) is 2.12. The van der Waals surface area contributed by atoms with Crippen LogP contribution in [0.1, 0.15) is 6.92 Å². The topological polar surface area (TPSA) is 67.7 Å². The van der Waals surface area contributed by atoms with Crippen LogP contribution in [0.3, 0.4) is 0 Å². The second kappa shape index (κ2) is 6.78. The van der Waals surface area contributed by atoms with Crippen molar-refractivity contribution in [1.82, 2.24) is 9.97 Å². The standard InChI is InChI=1S/C14H18ClN3O3/c1-4-18(5-6-19)13-9-7-11(20-2)12(21-3)8-10(9)16-14(15)17-13/h7-8,19H,4-6H2,1-3H3. The van der Waals surface area contributed by atoms with Crippen LogP contribution in [0.15, 0.2) is 12.1 Å². The number of aliphatic hydroxyl groups is 1. The van der Waals surface area contributed by atoms with Gasteiger partial charge in [0.05, 0.1) is 26.3 Å². The molecule has 0 fully saturated rings. The van der Waals surface area contributed by atoms with Crippen molar-refractivity contribution in [2.24, 2.45) is 0 Å². The zero-order chi connectivity index (χ0) is 15.4. The number of aromatic nitrogens is 2. The summed E-state index contributed by atoms with van der Waals surface area (Å²) in [5.74, 6) is 1.84. The van der Waals surface area contributed by atoms with Gasteiger partial charge in [0.2, 0.25) is 5.28 Å². The monoisotopic (exact) mass is 311 g/mol. The van der Waals surface area contributed by atoms with E-state index in [-0.39, 0.29) is 11.9 Å². The van der Waals surface area contributed by atoms with Gasteiger partial charge in [0.15, 0.2) is 11.5 Å². The second-order valence-corrected chi connectivity index (χ2v) is 4.68. The van der Waals surface area contributed by atoms with Crippen LogP contribution >= 0.6 is 11.6 Å². The SMILES string of the molecule is CCN(CCO)c1nc(Cl)nc2cc(OC)c(OC)cc12. The average Bonchev–Trinajstić information content (AvgIpc) is 2.50. The van der Waals surface area contributed by atoms with Crippen LogP contribution in [-0.2, 0) is 0 Å². The molecule has 2 aromatic rings. The lowest BCUT2D eigenvalue weighted by atomic mass is 10.2. The highest BCUT2D eigenvalue weighted by molar-refractivity contribution is 6.28. The van der Waals surface area contributed by atoms with Gasteiger partial charge in [-0.1, -0.05) is 0 Å². The Bertz CT molecular complexity index is 636. The Hall–Kier alpha value is -1.79. The summed E-state index contributed by atoms with van der Waals surface area (Å²) >= 11 is 6.01. The van der Waals surface area contributed by atoms with Gasteiger partial charge in [0.25, 0.3) is 0 Å². The molecule has 0 aliphatic rings. The minimum absolute atomic E-state index is 0.0320. The quantitative estimate of drug-likeness (QED) is 0.824. The third-order valence-electron chi connectivity index (χ3n) is 3.20. The number of hydrogen-bond acceptors (Lipinski definition) is 6. The van der Waals surface area contributed by atoms with Gasteiger partial charge in [-0.2, -0.15) is 4.98 Å². The van der Waals surface area contributed by atoms with Crippen molar-refractivity contribution in [3.05, 3.63) is 17.4 Å². The Morgan fingerprint density at radius 2 is 1.86 bits per heavy atom. The third kappa shape index (κ3) is 3.11. The first-order valence-corrected chi connectivity index (χ1v) is 6.97. The lowest BCUT2D eigenvalue weighted by Crippen LogP contribution is -2.27. The van der Waals surface area contributed by atoms with Gasteiger partial charge < -0.3 is 19.5 Å². The molecular formula is C14H18ClN3O3. The van der Waals surface area contributed by atoms with Crippen molar-refractivity contribution in [2.45, 2.75) is 6.92 Å². The highest BCUT2D eigenvalue weighted by Gasteiger charge is 2.16. The molecule has 1 aromatic carbocycles. The fourth-order valence-electron chi connectivity index (χ4n) is 2.19. The number of benzene rings is 1. The van der Waals surface area contributed by atoms with E-state index < -0.39 is 0 Å². The molecule has 0 aliphatic heterocycles. The summed E-state index contributed by atoms with van der Waals surface area (Å²) in [6.07, 6.45) is 0. The number of anilines is 1. The van der Waals surface area contributed by atoms with Crippen LogP contribution in [0.5, 0.6) is 11.5 Å². The van der Waals surface area contributed by atoms with E-state index in [1.54, 1.807) is 20.3 Å². The summed E-state index contributed by atoms with van der Waals surface area (Å²) in [4.78, 5) is 10.5. The second-order valence-electron chi connectivity index (χ2n) is 4.34. The lowest BCUT2D eigenvalue weighted by Gasteiger charge is -2.22. The van der Waals surface area contributed by atoms with Crippen molar-refractivity contribution in [1.29, 1.82) is 0 Å². The van der Waals surface area contributed by atoms with Gasteiger partial charge in [-0.05, 0) is 24.6 Å². The van der Waals surface area contributed by atoms with Crippen molar-refractivity contribution >= 4 is 28.3 Å². The summed E-state index contributed by atoms with van der Waals surface area (Å²) in [5, 5.41) is 10.1. The van der Waals surface area contributed by atoms with Gasteiger partial charge in [-0.15, -0.1) is 0 Å². The van der Waals surface area contributed by atoms with E-state index in [0.717, 1.165) is 5.39 Å². The van der Waals surface area contributed by atoms with E-state index >= 15 is 0 Å². The van der Waals surface area contributed by atoms with Crippen LogP contribution < -0.4 is 14.4 Å². The maximum absolute atomic E-state index is 9.19. The minimum Gasteiger partial charge on any atom is -0.493 e. The molecule has 0 unspecified atom stereocenters. The zero-order valence-corrected chi connectivity index (χ0v) is 13.0. The van der Waals surface area contributed by atoms with E-state index in [4.69, 9.17) is 21.1 Å². The first-order chi connectivity index (χ1) is 10.1. The van der Waals surface area contributed by atoms with Gasteiger partial charge in [0.1, 0.15) is 5.82 Å². The first-order valence-electron chi connectivity index (χ1n) is 6.59. The summed E-state index contributed by atoms with van der Waals surface area (Å²) in [5.41, 5.74) is 0.666. The van der Waals surface area contributed by atoms with Crippen molar-refractivity contribution in [2.75, 3.05) is 38.8 Å². The Kier molecular flexibility index (Phi) is 5.03. The number of nitrogens with zero attached hydrogens (tertiary/aromatic N) is 3. The number of fused-ring (bicyclic) bond motifs is 1. The Balaban J connectivity index is 2.69. The van der Waals surface area contributed by atoms with Gasteiger partial charge in [-0.25, -0.2) is 4.98 Å². The number of rotatable bonds is 6. The van der Waals surface area contributed by atoms with Crippen LogP contribution in [0.25, 0.3) is 10.9 Å².